The van der Waals surface area contributed by atoms with Crippen LogP contribution in [0.4, 0.5) is 4.39 Å². The summed E-state index contributed by atoms with van der Waals surface area (Å²) in [6.07, 6.45) is 0.339. The molecular formula is C12H18FNO4S. The number of aliphatic hydroxyl groups excluding tert-OH is 1. The van der Waals surface area contributed by atoms with Crippen LogP contribution in [0.2, 0.25) is 0 Å². The lowest BCUT2D eigenvalue weighted by Gasteiger charge is -2.20. The molecule has 108 valence electrons. The topological polar surface area (TPSA) is 66.8 Å². The molecule has 1 aromatic rings. The molecule has 0 atom stereocenters. The van der Waals surface area contributed by atoms with E-state index in [1.54, 1.807) is 6.92 Å². The summed E-state index contributed by atoms with van der Waals surface area (Å²) in [6.45, 7) is 2.05. The Morgan fingerprint density at radius 2 is 2.11 bits per heavy atom. The predicted octanol–water partition coefficient (Wildman–Crippen LogP) is 1.23. The van der Waals surface area contributed by atoms with Crippen LogP contribution in [0.25, 0.3) is 0 Å². The Labute approximate surface area is 112 Å². The fraction of sp³-hybridized carbons (Fsp3) is 0.500. The summed E-state index contributed by atoms with van der Waals surface area (Å²) in [5.74, 6) is -0.723. The van der Waals surface area contributed by atoms with Gasteiger partial charge >= 0.3 is 0 Å². The first-order valence-corrected chi connectivity index (χ1v) is 7.36. The van der Waals surface area contributed by atoms with Crippen LogP contribution in [0.5, 0.6) is 5.75 Å². The largest absolute Gasteiger partial charge is 0.494 e. The van der Waals surface area contributed by atoms with E-state index in [-0.39, 0.29) is 30.3 Å². The van der Waals surface area contributed by atoms with Crippen LogP contribution in [0.1, 0.15) is 13.3 Å². The third-order valence-corrected chi connectivity index (χ3v) is 4.65. The second-order valence-electron chi connectivity index (χ2n) is 3.87. The van der Waals surface area contributed by atoms with Gasteiger partial charge in [0.1, 0.15) is 0 Å². The number of rotatable bonds is 7. The van der Waals surface area contributed by atoms with Gasteiger partial charge in [-0.25, -0.2) is 12.8 Å². The molecule has 1 rings (SSSR count). The first-order chi connectivity index (χ1) is 8.97. The van der Waals surface area contributed by atoms with Crippen molar-refractivity contribution in [3.05, 3.63) is 24.0 Å². The lowest BCUT2D eigenvalue weighted by Crippen LogP contribution is -2.32. The fourth-order valence-electron chi connectivity index (χ4n) is 1.65. The molecule has 0 unspecified atom stereocenters. The molecule has 1 aromatic carbocycles. The van der Waals surface area contributed by atoms with Gasteiger partial charge in [0.15, 0.2) is 11.6 Å². The zero-order chi connectivity index (χ0) is 14.5. The molecule has 7 heteroatoms. The molecular weight excluding hydrogens is 273 g/mol. The molecule has 1 N–H and O–H groups in total. The first-order valence-electron chi connectivity index (χ1n) is 5.92. The highest BCUT2D eigenvalue weighted by molar-refractivity contribution is 7.89. The van der Waals surface area contributed by atoms with Gasteiger partial charge < -0.3 is 9.84 Å². The van der Waals surface area contributed by atoms with Crippen molar-refractivity contribution in [2.24, 2.45) is 0 Å². The molecule has 0 aromatic heterocycles. The fourth-order valence-corrected chi connectivity index (χ4v) is 3.15. The van der Waals surface area contributed by atoms with Gasteiger partial charge in [-0.3, -0.25) is 0 Å². The van der Waals surface area contributed by atoms with Gasteiger partial charge in [-0.05, 0) is 24.6 Å². The maximum absolute atomic E-state index is 13.6. The van der Waals surface area contributed by atoms with Gasteiger partial charge in [0.25, 0.3) is 0 Å². The number of benzene rings is 1. The molecule has 0 aliphatic rings. The number of ether oxygens (including phenoxy) is 1. The highest BCUT2D eigenvalue weighted by Gasteiger charge is 2.23. The van der Waals surface area contributed by atoms with E-state index in [0.717, 1.165) is 6.07 Å². The number of methoxy groups -OCH3 is 1. The maximum atomic E-state index is 13.6. The second-order valence-corrected chi connectivity index (χ2v) is 5.81. The Morgan fingerprint density at radius 3 is 2.58 bits per heavy atom. The summed E-state index contributed by atoms with van der Waals surface area (Å²) in [7, 11) is -2.43. The summed E-state index contributed by atoms with van der Waals surface area (Å²) in [4.78, 5) is -0.120. The van der Waals surface area contributed by atoms with Gasteiger partial charge in [-0.15, -0.1) is 0 Å². The van der Waals surface area contributed by atoms with Crippen LogP contribution in [-0.2, 0) is 10.0 Å². The van der Waals surface area contributed by atoms with Crippen LogP contribution in [-0.4, -0.2) is 44.6 Å². The highest BCUT2D eigenvalue weighted by atomic mass is 32.2. The first kappa shape index (κ1) is 15.9. The van der Waals surface area contributed by atoms with Crippen molar-refractivity contribution in [1.29, 1.82) is 0 Å². The molecule has 0 saturated carbocycles. The molecule has 0 aliphatic heterocycles. The minimum absolute atomic E-state index is 0.00245. The highest BCUT2D eigenvalue weighted by Crippen LogP contribution is 2.23. The summed E-state index contributed by atoms with van der Waals surface area (Å²) in [6, 6.07) is 3.52. The van der Waals surface area contributed by atoms with Crippen molar-refractivity contribution in [2.75, 3.05) is 26.8 Å². The molecule has 0 heterocycles. The Morgan fingerprint density at radius 1 is 1.42 bits per heavy atom. The van der Waals surface area contributed by atoms with E-state index >= 15 is 0 Å². The molecule has 19 heavy (non-hydrogen) atoms. The van der Waals surface area contributed by atoms with E-state index in [4.69, 9.17) is 9.84 Å². The van der Waals surface area contributed by atoms with Crippen LogP contribution in [0, 0.1) is 5.82 Å². The molecule has 0 radical (unpaired) electrons. The van der Waals surface area contributed by atoms with Crippen LogP contribution < -0.4 is 4.74 Å². The number of halogens is 1. The van der Waals surface area contributed by atoms with Crippen LogP contribution in [0.15, 0.2) is 23.1 Å². The summed E-state index contributed by atoms with van der Waals surface area (Å²) < 4.78 is 44.0. The van der Waals surface area contributed by atoms with Crippen LogP contribution >= 0.6 is 0 Å². The zero-order valence-electron chi connectivity index (χ0n) is 11.0. The molecule has 5 nitrogen and oxygen atoms in total. The standard InChI is InChI=1S/C12H18FNO4S/c1-3-14(7-4-8-15)19(16,17)10-5-6-12(18-2)11(13)9-10/h5-6,9,15H,3-4,7-8H2,1-2H3. The Kier molecular flexibility index (Phi) is 5.71. The van der Waals surface area contributed by atoms with E-state index in [1.165, 1.54) is 23.5 Å². The van der Waals surface area contributed by atoms with E-state index < -0.39 is 15.8 Å². The molecule has 0 fully saturated rings. The van der Waals surface area contributed by atoms with Crippen molar-refractivity contribution in [3.8, 4) is 5.75 Å². The normalized spacial score (nSPS) is 11.8. The summed E-state index contributed by atoms with van der Waals surface area (Å²) >= 11 is 0. The molecule has 0 aliphatic carbocycles. The zero-order valence-corrected chi connectivity index (χ0v) is 11.8. The van der Waals surface area contributed by atoms with Crippen molar-refractivity contribution in [1.82, 2.24) is 4.31 Å². The Hall–Kier alpha value is -1.18. The summed E-state index contributed by atoms with van der Waals surface area (Å²) in [5, 5.41) is 8.76. The van der Waals surface area contributed by atoms with Gasteiger partial charge in [0.05, 0.1) is 12.0 Å². The average molecular weight is 291 g/mol. The second kappa shape index (κ2) is 6.83. The summed E-state index contributed by atoms with van der Waals surface area (Å²) in [5.41, 5.74) is 0. The van der Waals surface area contributed by atoms with Crippen molar-refractivity contribution in [3.63, 3.8) is 0 Å². The van der Waals surface area contributed by atoms with Gasteiger partial charge in [-0.2, -0.15) is 4.31 Å². The van der Waals surface area contributed by atoms with Gasteiger partial charge in [0, 0.05) is 19.7 Å². The monoisotopic (exact) mass is 291 g/mol. The lowest BCUT2D eigenvalue weighted by molar-refractivity contribution is 0.271. The van der Waals surface area contributed by atoms with Crippen molar-refractivity contribution in [2.45, 2.75) is 18.2 Å². The third kappa shape index (κ3) is 3.65. The van der Waals surface area contributed by atoms with Crippen LogP contribution in [0.3, 0.4) is 0 Å². The number of aliphatic hydroxyl groups is 1. The van der Waals surface area contributed by atoms with Crippen molar-refractivity contribution >= 4 is 10.0 Å². The van der Waals surface area contributed by atoms with Gasteiger partial charge in [-0.1, -0.05) is 6.92 Å². The molecule has 0 amide bonds. The van der Waals surface area contributed by atoms with Crippen molar-refractivity contribution < 1.29 is 22.7 Å². The van der Waals surface area contributed by atoms with E-state index in [0.29, 0.717) is 6.42 Å². The smallest absolute Gasteiger partial charge is 0.243 e. The minimum atomic E-state index is -3.74. The number of nitrogens with zero attached hydrogens (tertiary/aromatic N) is 1. The minimum Gasteiger partial charge on any atom is -0.494 e. The number of sulfonamides is 1. The molecule has 0 spiro atoms. The Balaban J connectivity index is 3.07. The third-order valence-electron chi connectivity index (χ3n) is 2.68. The SMILES string of the molecule is CCN(CCCO)S(=O)(=O)c1ccc(OC)c(F)c1. The molecule has 0 bridgehead atoms. The van der Waals surface area contributed by atoms with E-state index in [2.05, 4.69) is 0 Å². The maximum Gasteiger partial charge on any atom is 0.243 e. The Bertz CT molecular complexity index is 518. The van der Waals surface area contributed by atoms with E-state index in [1.807, 2.05) is 0 Å². The lowest BCUT2D eigenvalue weighted by atomic mass is 10.3. The van der Waals surface area contributed by atoms with Gasteiger partial charge in [0.2, 0.25) is 10.0 Å². The quantitative estimate of drug-likeness (QED) is 0.820. The average Bonchev–Trinajstić information content (AvgIpc) is 2.39. The number of hydrogen-bond acceptors (Lipinski definition) is 4. The predicted molar refractivity (Wildman–Crippen MR) is 69.1 cm³/mol. The number of hydrogen-bond donors (Lipinski definition) is 1. The van der Waals surface area contributed by atoms with E-state index in [9.17, 15) is 12.8 Å². The molecule has 0 saturated heterocycles.